The van der Waals surface area contributed by atoms with Crippen LogP contribution in [-0.2, 0) is 0 Å². The Morgan fingerprint density at radius 1 is 0.727 bits per heavy atom. The second-order valence-electron chi connectivity index (χ2n) is 11.8. The Morgan fingerprint density at radius 2 is 1.42 bits per heavy atom. The van der Waals surface area contributed by atoms with Crippen LogP contribution in [0.15, 0.2) is 29.1 Å². The first-order chi connectivity index (χ1) is 16.2. The maximum absolute atomic E-state index is 13.8. The van der Waals surface area contributed by atoms with Gasteiger partial charge in [-0.25, -0.2) is 4.98 Å². The minimum absolute atomic E-state index is 0.150. The molecule has 2 saturated carbocycles. The molecule has 5 nitrogen and oxygen atoms in total. The summed E-state index contributed by atoms with van der Waals surface area (Å²) in [4.78, 5) is 23.8. The Morgan fingerprint density at radius 3 is 2.12 bits per heavy atom. The van der Waals surface area contributed by atoms with Crippen LogP contribution in [0.5, 0.6) is 0 Å². The molecule has 33 heavy (non-hydrogen) atoms. The van der Waals surface area contributed by atoms with Crippen molar-refractivity contribution in [3.8, 4) is 0 Å². The van der Waals surface area contributed by atoms with Crippen molar-refractivity contribution >= 4 is 16.9 Å². The van der Waals surface area contributed by atoms with Crippen LogP contribution in [0.1, 0.15) is 83.1 Å². The van der Waals surface area contributed by atoms with Gasteiger partial charge in [0.2, 0.25) is 0 Å². The van der Waals surface area contributed by atoms with E-state index in [9.17, 15) is 4.79 Å². The van der Waals surface area contributed by atoms with Gasteiger partial charge in [0, 0.05) is 37.3 Å². The van der Waals surface area contributed by atoms with Crippen LogP contribution in [0.25, 0.3) is 11.0 Å². The molecule has 176 valence electrons. The van der Waals surface area contributed by atoms with Gasteiger partial charge < -0.3 is 9.47 Å². The van der Waals surface area contributed by atoms with Crippen LogP contribution >= 0.6 is 0 Å². The van der Waals surface area contributed by atoms with Crippen molar-refractivity contribution in [2.75, 3.05) is 18.0 Å². The quantitative estimate of drug-likeness (QED) is 0.655. The summed E-state index contributed by atoms with van der Waals surface area (Å²) in [5, 5.41) is 0. The smallest absolute Gasteiger partial charge is 0.294 e. The summed E-state index contributed by atoms with van der Waals surface area (Å²) < 4.78 is 2.17. The Balaban J connectivity index is 1.23. The molecule has 4 heterocycles. The standard InChI is InChI=1S/C28H38N4O/c33-28-27(30-12-5-13-30)29-25-10-1-2-11-26(25)32(28)24-17-21-8-4-9-22(18-24)31(21)23-15-19-6-3-7-20(14-19)16-23/h1-2,10-11,19-24H,3-9,12-18H2/t19-,20+,21-,22+,23?,24?. The van der Waals surface area contributed by atoms with E-state index in [0.29, 0.717) is 23.9 Å². The van der Waals surface area contributed by atoms with E-state index in [4.69, 9.17) is 4.98 Å². The van der Waals surface area contributed by atoms with Crippen molar-refractivity contribution in [2.24, 2.45) is 11.8 Å². The Labute approximate surface area is 197 Å². The number of hydrogen-bond donors (Lipinski definition) is 0. The van der Waals surface area contributed by atoms with Crippen LogP contribution in [-0.4, -0.2) is 45.7 Å². The molecule has 0 amide bonds. The van der Waals surface area contributed by atoms with Gasteiger partial charge in [-0.2, -0.15) is 0 Å². The SMILES string of the molecule is O=c1c(N2CCC2)nc2ccccc2n1C1C[C@H]2CCC[C@@H](C1)N2C1C[C@H]2CCC[C@@H](C1)C2. The Bertz CT molecular complexity index is 1060. The highest BCUT2D eigenvalue weighted by molar-refractivity contribution is 5.76. The molecule has 2 unspecified atom stereocenters. The van der Waals surface area contributed by atoms with Crippen molar-refractivity contribution in [1.29, 1.82) is 0 Å². The predicted octanol–water partition coefficient (Wildman–Crippen LogP) is 5.13. The van der Waals surface area contributed by atoms with Crippen molar-refractivity contribution < 1.29 is 0 Å². The summed E-state index contributed by atoms with van der Waals surface area (Å²) in [6.07, 6.45) is 16.2. The van der Waals surface area contributed by atoms with E-state index in [2.05, 4.69) is 38.6 Å². The van der Waals surface area contributed by atoms with E-state index >= 15 is 0 Å². The molecule has 0 N–H and O–H groups in total. The van der Waals surface area contributed by atoms with Gasteiger partial charge in [-0.3, -0.25) is 9.69 Å². The topological polar surface area (TPSA) is 41.4 Å². The molecule has 1 aromatic heterocycles. The molecule has 1 aromatic carbocycles. The fourth-order valence-electron chi connectivity index (χ4n) is 8.37. The molecule has 0 spiro atoms. The molecule has 0 radical (unpaired) electrons. The lowest BCUT2D eigenvalue weighted by Crippen LogP contribution is -2.58. The number of rotatable bonds is 3. The van der Waals surface area contributed by atoms with Crippen molar-refractivity contribution in [2.45, 2.75) is 101 Å². The fourth-order valence-corrected chi connectivity index (χ4v) is 8.37. The minimum Gasteiger partial charge on any atom is -0.352 e. The average Bonchev–Trinajstić information content (AvgIpc) is 2.77. The van der Waals surface area contributed by atoms with Crippen molar-refractivity contribution in [3.63, 3.8) is 0 Å². The van der Waals surface area contributed by atoms with Crippen molar-refractivity contribution in [1.82, 2.24) is 14.5 Å². The number of nitrogens with zero attached hydrogens (tertiary/aromatic N) is 4. The van der Waals surface area contributed by atoms with E-state index in [1.54, 1.807) is 0 Å². The maximum Gasteiger partial charge on any atom is 0.294 e. The number of hydrogen-bond acceptors (Lipinski definition) is 4. The molecule has 7 rings (SSSR count). The van der Waals surface area contributed by atoms with Gasteiger partial charge in [0.05, 0.1) is 11.0 Å². The highest BCUT2D eigenvalue weighted by atomic mass is 16.1. The summed E-state index contributed by atoms with van der Waals surface area (Å²) >= 11 is 0. The van der Waals surface area contributed by atoms with Crippen LogP contribution < -0.4 is 10.5 Å². The van der Waals surface area contributed by atoms with Crippen LogP contribution in [0.4, 0.5) is 5.82 Å². The minimum atomic E-state index is 0.150. The molecule has 4 bridgehead atoms. The maximum atomic E-state index is 13.8. The lowest BCUT2D eigenvalue weighted by molar-refractivity contribution is -0.0485. The third kappa shape index (κ3) is 3.45. The zero-order valence-corrected chi connectivity index (χ0v) is 19.9. The molecule has 2 aliphatic carbocycles. The van der Waals surface area contributed by atoms with Gasteiger partial charge in [0.15, 0.2) is 5.82 Å². The van der Waals surface area contributed by atoms with Crippen LogP contribution in [0.3, 0.4) is 0 Å². The summed E-state index contributed by atoms with van der Waals surface area (Å²) in [6, 6.07) is 10.7. The predicted molar refractivity (Wildman–Crippen MR) is 133 cm³/mol. The van der Waals surface area contributed by atoms with Gasteiger partial charge in [-0.05, 0) is 75.3 Å². The molecule has 5 heteroatoms. The Kier molecular flexibility index (Phi) is 5.04. The van der Waals surface area contributed by atoms with Gasteiger partial charge >= 0.3 is 0 Å². The highest BCUT2D eigenvalue weighted by Crippen LogP contribution is 2.47. The number of fused-ring (bicyclic) bond motifs is 5. The number of piperidine rings is 2. The summed E-state index contributed by atoms with van der Waals surface area (Å²) in [5.74, 6) is 2.64. The lowest BCUT2D eigenvalue weighted by Gasteiger charge is -2.55. The van der Waals surface area contributed by atoms with Crippen LogP contribution in [0, 0.1) is 11.8 Å². The van der Waals surface area contributed by atoms with E-state index in [0.717, 1.165) is 54.8 Å². The molecule has 5 aliphatic rings. The second kappa shape index (κ2) is 8.11. The number of anilines is 1. The molecule has 5 fully saturated rings. The lowest BCUT2D eigenvalue weighted by atomic mass is 9.68. The number of para-hydroxylation sites is 2. The van der Waals surface area contributed by atoms with E-state index in [1.165, 1.54) is 64.2 Å². The van der Waals surface area contributed by atoms with Gasteiger partial charge in [-0.15, -0.1) is 0 Å². The normalized spacial score (nSPS) is 36.5. The largest absolute Gasteiger partial charge is 0.352 e. The molecule has 3 aliphatic heterocycles. The van der Waals surface area contributed by atoms with E-state index < -0.39 is 0 Å². The number of benzene rings is 1. The summed E-state index contributed by atoms with van der Waals surface area (Å²) in [6.45, 7) is 1.93. The molecule has 2 aromatic rings. The van der Waals surface area contributed by atoms with Gasteiger partial charge in [0.25, 0.3) is 5.56 Å². The molecular formula is C28H38N4O. The monoisotopic (exact) mass is 446 g/mol. The Hall–Kier alpha value is -1.88. The third-order valence-corrected chi connectivity index (χ3v) is 9.83. The van der Waals surface area contributed by atoms with Crippen LogP contribution in [0.2, 0.25) is 0 Å². The average molecular weight is 447 g/mol. The fraction of sp³-hybridized carbons (Fsp3) is 0.714. The van der Waals surface area contributed by atoms with Crippen molar-refractivity contribution in [3.05, 3.63) is 34.6 Å². The molecular weight excluding hydrogens is 408 g/mol. The first-order valence-corrected chi connectivity index (χ1v) is 13.8. The van der Waals surface area contributed by atoms with Gasteiger partial charge in [0.1, 0.15) is 0 Å². The summed E-state index contributed by atoms with van der Waals surface area (Å²) in [7, 11) is 0. The van der Waals surface area contributed by atoms with E-state index in [1.807, 2.05) is 0 Å². The zero-order valence-electron chi connectivity index (χ0n) is 19.9. The summed E-state index contributed by atoms with van der Waals surface area (Å²) in [5.41, 5.74) is 2.17. The second-order valence-corrected chi connectivity index (χ2v) is 11.8. The first kappa shape index (κ1) is 20.5. The third-order valence-electron chi connectivity index (χ3n) is 9.83. The molecule has 6 atom stereocenters. The highest BCUT2D eigenvalue weighted by Gasteiger charge is 2.45. The van der Waals surface area contributed by atoms with E-state index in [-0.39, 0.29) is 5.56 Å². The van der Waals surface area contributed by atoms with Gasteiger partial charge in [-0.1, -0.05) is 37.8 Å². The first-order valence-electron chi connectivity index (χ1n) is 13.8. The molecule has 3 saturated heterocycles. The zero-order chi connectivity index (χ0) is 21.9. The number of aromatic nitrogens is 2.